The van der Waals surface area contributed by atoms with Crippen molar-refractivity contribution in [1.29, 1.82) is 0 Å². The van der Waals surface area contributed by atoms with Crippen LogP contribution >= 0.6 is 0 Å². The molecule has 0 bridgehead atoms. The maximum absolute atomic E-state index is 5.97. The zero-order valence-electron chi connectivity index (χ0n) is 9.46. The third-order valence-corrected chi connectivity index (χ3v) is 3.76. The van der Waals surface area contributed by atoms with Gasteiger partial charge in [-0.2, -0.15) is 0 Å². The van der Waals surface area contributed by atoms with Crippen LogP contribution in [0.15, 0.2) is 0 Å². The molecule has 14 heavy (non-hydrogen) atoms. The van der Waals surface area contributed by atoms with E-state index >= 15 is 0 Å². The Hall–Kier alpha value is -0.0800. The highest BCUT2D eigenvalue weighted by Gasteiger charge is 2.36. The first-order chi connectivity index (χ1) is 6.81. The average molecular weight is 197 g/mol. The second-order valence-electron chi connectivity index (χ2n) is 4.84. The highest BCUT2D eigenvalue weighted by Crippen LogP contribution is 2.35. The number of hydrogen-bond donors (Lipinski definition) is 1. The van der Waals surface area contributed by atoms with Crippen LogP contribution in [0.4, 0.5) is 0 Å². The summed E-state index contributed by atoms with van der Waals surface area (Å²) in [4.78, 5) is 0. The lowest BCUT2D eigenvalue weighted by atomic mass is 9.77. The largest absolute Gasteiger partial charge is 0.374 e. The molecule has 0 aromatic heterocycles. The van der Waals surface area contributed by atoms with Gasteiger partial charge in [-0.1, -0.05) is 13.3 Å². The van der Waals surface area contributed by atoms with E-state index in [1.807, 2.05) is 0 Å². The number of hydrogen-bond acceptors (Lipinski definition) is 2. The molecule has 3 unspecified atom stereocenters. The van der Waals surface area contributed by atoms with Crippen LogP contribution in [-0.4, -0.2) is 24.8 Å². The highest BCUT2D eigenvalue weighted by atomic mass is 16.5. The van der Waals surface area contributed by atoms with E-state index in [0.29, 0.717) is 18.2 Å². The van der Waals surface area contributed by atoms with Gasteiger partial charge in [0.2, 0.25) is 0 Å². The van der Waals surface area contributed by atoms with Crippen molar-refractivity contribution in [3.8, 4) is 0 Å². The van der Waals surface area contributed by atoms with Crippen molar-refractivity contribution >= 4 is 0 Å². The quantitative estimate of drug-likeness (QED) is 0.747. The van der Waals surface area contributed by atoms with Crippen molar-refractivity contribution in [2.75, 3.05) is 6.54 Å². The predicted octanol–water partition coefficient (Wildman–Crippen LogP) is 2.33. The van der Waals surface area contributed by atoms with Gasteiger partial charge in [0, 0.05) is 6.04 Å². The molecule has 3 atom stereocenters. The van der Waals surface area contributed by atoms with Gasteiger partial charge in [-0.3, -0.25) is 0 Å². The summed E-state index contributed by atoms with van der Waals surface area (Å²) in [6, 6.07) is 0.638. The van der Waals surface area contributed by atoms with Crippen molar-refractivity contribution in [2.24, 2.45) is 5.92 Å². The third kappa shape index (κ3) is 2.12. The van der Waals surface area contributed by atoms with Crippen LogP contribution < -0.4 is 5.32 Å². The van der Waals surface area contributed by atoms with Crippen LogP contribution in [0.5, 0.6) is 0 Å². The minimum Gasteiger partial charge on any atom is -0.374 e. The van der Waals surface area contributed by atoms with Gasteiger partial charge in [-0.25, -0.2) is 0 Å². The summed E-state index contributed by atoms with van der Waals surface area (Å²) in [5.74, 6) is 0.894. The SMILES string of the molecule is CCNC(C1CCC1)C1CCC(C)O1. The van der Waals surface area contributed by atoms with E-state index in [0.717, 1.165) is 12.5 Å². The minimum atomic E-state index is 0.487. The summed E-state index contributed by atoms with van der Waals surface area (Å²) in [6.07, 6.45) is 7.73. The fourth-order valence-electron chi connectivity index (χ4n) is 2.73. The Morgan fingerprint density at radius 1 is 1.29 bits per heavy atom. The first-order valence-electron chi connectivity index (χ1n) is 6.20. The van der Waals surface area contributed by atoms with Gasteiger partial charge in [0.15, 0.2) is 0 Å². The summed E-state index contributed by atoms with van der Waals surface area (Å²) in [6.45, 7) is 5.48. The van der Waals surface area contributed by atoms with Crippen LogP contribution in [-0.2, 0) is 4.74 Å². The van der Waals surface area contributed by atoms with Gasteiger partial charge in [0.05, 0.1) is 12.2 Å². The molecular formula is C12H23NO. The maximum Gasteiger partial charge on any atom is 0.0735 e. The van der Waals surface area contributed by atoms with E-state index in [4.69, 9.17) is 4.74 Å². The number of ether oxygens (including phenoxy) is 1. The standard InChI is InChI=1S/C12H23NO/c1-3-13-12(10-5-4-6-10)11-8-7-9(2)14-11/h9-13H,3-8H2,1-2H3. The molecule has 2 fully saturated rings. The van der Waals surface area contributed by atoms with E-state index in [2.05, 4.69) is 19.2 Å². The molecule has 0 spiro atoms. The molecule has 1 N–H and O–H groups in total. The predicted molar refractivity (Wildman–Crippen MR) is 58.4 cm³/mol. The van der Waals surface area contributed by atoms with E-state index < -0.39 is 0 Å². The molecule has 2 nitrogen and oxygen atoms in total. The Morgan fingerprint density at radius 3 is 2.50 bits per heavy atom. The maximum atomic E-state index is 5.97. The molecule has 0 aromatic carbocycles. The number of nitrogens with one attached hydrogen (secondary N) is 1. The summed E-state index contributed by atoms with van der Waals surface area (Å²) < 4.78 is 5.97. The van der Waals surface area contributed by atoms with Crippen molar-refractivity contribution in [2.45, 2.75) is 64.2 Å². The average Bonchev–Trinajstić information content (AvgIpc) is 2.48. The first-order valence-corrected chi connectivity index (χ1v) is 6.20. The summed E-state index contributed by atoms with van der Waals surface area (Å²) in [5.41, 5.74) is 0. The molecule has 1 heterocycles. The van der Waals surface area contributed by atoms with Gasteiger partial charge < -0.3 is 10.1 Å². The lowest BCUT2D eigenvalue weighted by Gasteiger charge is -2.37. The monoisotopic (exact) mass is 197 g/mol. The van der Waals surface area contributed by atoms with Crippen molar-refractivity contribution in [3.63, 3.8) is 0 Å². The van der Waals surface area contributed by atoms with E-state index in [1.165, 1.54) is 32.1 Å². The molecule has 0 amide bonds. The fraction of sp³-hybridized carbons (Fsp3) is 1.00. The Labute approximate surface area is 87.4 Å². The van der Waals surface area contributed by atoms with Gasteiger partial charge in [-0.05, 0) is 45.1 Å². The zero-order chi connectivity index (χ0) is 9.97. The molecule has 82 valence electrons. The molecule has 1 saturated heterocycles. The third-order valence-electron chi connectivity index (χ3n) is 3.76. The zero-order valence-corrected chi connectivity index (χ0v) is 9.46. The molecule has 2 aliphatic rings. The first kappa shape index (κ1) is 10.4. The van der Waals surface area contributed by atoms with Crippen molar-refractivity contribution in [1.82, 2.24) is 5.32 Å². The van der Waals surface area contributed by atoms with Crippen LogP contribution in [0.25, 0.3) is 0 Å². The number of rotatable bonds is 4. The Bertz CT molecular complexity index is 179. The summed E-state index contributed by atoms with van der Waals surface area (Å²) >= 11 is 0. The van der Waals surface area contributed by atoms with Gasteiger partial charge >= 0.3 is 0 Å². The highest BCUT2D eigenvalue weighted by molar-refractivity contribution is 4.91. The van der Waals surface area contributed by atoms with Crippen LogP contribution in [0, 0.1) is 5.92 Å². The van der Waals surface area contributed by atoms with Crippen molar-refractivity contribution in [3.05, 3.63) is 0 Å². The van der Waals surface area contributed by atoms with E-state index in [9.17, 15) is 0 Å². The van der Waals surface area contributed by atoms with E-state index in [1.54, 1.807) is 0 Å². The molecule has 1 aliphatic carbocycles. The van der Waals surface area contributed by atoms with Crippen LogP contribution in [0.1, 0.15) is 46.0 Å². The van der Waals surface area contributed by atoms with Gasteiger partial charge in [0.25, 0.3) is 0 Å². The van der Waals surface area contributed by atoms with Crippen LogP contribution in [0.3, 0.4) is 0 Å². The lowest BCUT2D eigenvalue weighted by molar-refractivity contribution is 0.00577. The summed E-state index contributed by atoms with van der Waals surface area (Å²) in [5, 5.41) is 3.62. The molecule has 0 aromatic rings. The molecule has 0 radical (unpaired) electrons. The Morgan fingerprint density at radius 2 is 2.07 bits per heavy atom. The Kier molecular flexibility index (Phi) is 3.45. The summed E-state index contributed by atoms with van der Waals surface area (Å²) in [7, 11) is 0. The topological polar surface area (TPSA) is 21.3 Å². The molecular weight excluding hydrogens is 174 g/mol. The molecule has 1 aliphatic heterocycles. The lowest BCUT2D eigenvalue weighted by Crippen LogP contribution is -2.47. The minimum absolute atomic E-state index is 0.487. The second kappa shape index (κ2) is 4.63. The smallest absolute Gasteiger partial charge is 0.0735 e. The number of likely N-dealkylation sites (N-methyl/N-ethyl adjacent to an activating group) is 1. The van der Waals surface area contributed by atoms with Crippen molar-refractivity contribution < 1.29 is 4.74 Å². The van der Waals surface area contributed by atoms with Gasteiger partial charge in [0.1, 0.15) is 0 Å². The molecule has 2 heteroatoms. The molecule has 1 saturated carbocycles. The van der Waals surface area contributed by atoms with E-state index in [-0.39, 0.29) is 0 Å². The second-order valence-corrected chi connectivity index (χ2v) is 4.84. The fourth-order valence-corrected chi connectivity index (χ4v) is 2.73. The normalized spacial score (nSPS) is 35.6. The van der Waals surface area contributed by atoms with Gasteiger partial charge in [-0.15, -0.1) is 0 Å². The Balaban J connectivity index is 1.88. The molecule has 2 rings (SSSR count). The van der Waals surface area contributed by atoms with Crippen LogP contribution in [0.2, 0.25) is 0 Å².